The predicted molar refractivity (Wildman–Crippen MR) is 187 cm³/mol. The van der Waals surface area contributed by atoms with Crippen molar-refractivity contribution in [1.29, 1.82) is 5.26 Å². The number of piperazine rings is 1. The standard InChI is InChI=1S/C37H43N9O2/c1-26-7-4-8-28-9-5-11-33(35(26)28)44-18-15-31-32(24-44)40-37(48-25-30-10-6-17-42(30)2)41-36(31)45-19-20-46(29(23-45)14-16-38)34(47)13-12-27-21-39-43(3)22-27/h4-5,7-9,11-13,21-22,29-30H,6,10,14-15,17-20,23-25H2,1-3H3/b13-12+/t29-,30-/m0/s1. The summed E-state index contributed by atoms with van der Waals surface area (Å²) >= 11 is 0. The van der Waals surface area contributed by atoms with Crippen LogP contribution in [0.3, 0.4) is 0 Å². The highest BCUT2D eigenvalue weighted by Gasteiger charge is 2.34. The fourth-order valence-electron chi connectivity index (χ4n) is 7.46. The van der Waals surface area contributed by atoms with Gasteiger partial charge in [0.15, 0.2) is 0 Å². The van der Waals surface area contributed by atoms with Crippen molar-refractivity contribution >= 4 is 34.3 Å². The summed E-state index contributed by atoms with van der Waals surface area (Å²) in [4.78, 5) is 32.3. The van der Waals surface area contributed by atoms with E-state index in [4.69, 9.17) is 14.7 Å². The number of nitrogens with zero attached hydrogens (tertiary/aromatic N) is 9. The van der Waals surface area contributed by atoms with Gasteiger partial charge in [-0.15, -0.1) is 0 Å². The Morgan fingerprint density at radius 2 is 1.92 bits per heavy atom. The Kier molecular flexibility index (Phi) is 9.00. The number of carbonyl (C=O) groups excluding carboxylic acids is 1. The van der Waals surface area contributed by atoms with E-state index in [1.807, 2.05) is 18.1 Å². The molecule has 2 aromatic heterocycles. The van der Waals surface area contributed by atoms with E-state index in [0.717, 1.165) is 48.6 Å². The molecule has 0 N–H and O–H groups in total. The van der Waals surface area contributed by atoms with Crippen molar-refractivity contribution in [1.82, 2.24) is 29.5 Å². The fourth-order valence-corrected chi connectivity index (χ4v) is 7.46. The Morgan fingerprint density at radius 1 is 1.06 bits per heavy atom. The summed E-state index contributed by atoms with van der Waals surface area (Å²) in [6, 6.07) is 15.8. The molecule has 11 nitrogen and oxygen atoms in total. The molecule has 0 saturated carbocycles. The molecule has 5 heterocycles. The SMILES string of the molecule is Cc1cccc2cccc(N3CCc4c(nc(OC[C@@H]5CCCN5C)nc4N4CCN(C(=O)/C=C/c5cnn(C)c5)[C@@H](CC#N)C4)C3)c12. The van der Waals surface area contributed by atoms with Crippen LogP contribution in [0.2, 0.25) is 0 Å². The molecule has 48 heavy (non-hydrogen) atoms. The summed E-state index contributed by atoms with van der Waals surface area (Å²) in [5.74, 6) is 0.763. The van der Waals surface area contributed by atoms with Crippen LogP contribution in [0.15, 0.2) is 54.9 Å². The van der Waals surface area contributed by atoms with Crippen molar-refractivity contribution in [2.45, 2.75) is 51.2 Å². The second-order valence-corrected chi connectivity index (χ2v) is 13.2. The number of likely N-dealkylation sites (N-methyl/N-ethyl adjacent to an activating group) is 1. The van der Waals surface area contributed by atoms with E-state index in [1.54, 1.807) is 23.0 Å². The predicted octanol–water partition coefficient (Wildman–Crippen LogP) is 4.35. The molecule has 0 bridgehead atoms. The first-order chi connectivity index (χ1) is 23.4. The number of likely N-dealkylation sites (tertiary alicyclic amines) is 1. The summed E-state index contributed by atoms with van der Waals surface area (Å²) in [5, 5.41) is 16.4. The second-order valence-electron chi connectivity index (χ2n) is 13.2. The zero-order valence-electron chi connectivity index (χ0n) is 28.0. The molecule has 248 valence electrons. The number of amides is 1. The normalized spacial score (nSPS) is 20.0. The molecule has 0 spiro atoms. The quantitative estimate of drug-likeness (QED) is 0.259. The lowest BCUT2D eigenvalue weighted by atomic mass is 9.99. The summed E-state index contributed by atoms with van der Waals surface area (Å²) in [6.07, 6.45) is 10.2. The van der Waals surface area contributed by atoms with Crippen LogP contribution in [0.4, 0.5) is 11.5 Å². The van der Waals surface area contributed by atoms with Crippen LogP contribution >= 0.6 is 0 Å². The van der Waals surface area contributed by atoms with E-state index < -0.39 is 0 Å². The topological polar surface area (TPSA) is 107 Å². The maximum atomic E-state index is 13.3. The van der Waals surface area contributed by atoms with E-state index in [2.05, 4.69) is 76.2 Å². The number of hydrogen-bond acceptors (Lipinski definition) is 9. The molecule has 0 unspecified atom stereocenters. The number of carbonyl (C=O) groups is 1. The lowest BCUT2D eigenvalue weighted by Crippen LogP contribution is -2.55. The highest BCUT2D eigenvalue weighted by atomic mass is 16.5. The lowest BCUT2D eigenvalue weighted by molar-refractivity contribution is -0.128. The van der Waals surface area contributed by atoms with Crippen LogP contribution in [0.5, 0.6) is 6.01 Å². The molecule has 3 aliphatic heterocycles. The molecule has 4 aromatic rings. The Hall–Kier alpha value is -4.95. The minimum Gasteiger partial charge on any atom is -0.462 e. The molecule has 2 fully saturated rings. The zero-order chi connectivity index (χ0) is 33.2. The van der Waals surface area contributed by atoms with E-state index in [9.17, 15) is 10.1 Å². The smallest absolute Gasteiger partial charge is 0.318 e. The summed E-state index contributed by atoms with van der Waals surface area (Å²) in [5.41, 5.74) is 5.43. The van der Waals surface area contributed by atoms with Crippen molar-refractivity contribution in [3.63, 3.8) is 0 Å². The molecule has 1 amide bonds. The first-order valence-corrected chi connectivity index (χ1v) is 16.9. The van der Waals surface area contributed by atoms with Gasteiger partial charge in [0.25, 0.3) is 0 Å². The number of rotatable bonds is 8. The monoisotopic (exact) mass is 645 g/mol. The molecular weight excluding hydrogens is 602 g/mol. The minimum atomic E-state index is -0.268. The average Bonchev–Trinajstić information content (AvgIpc) is 3.72. The third-order valence-electron chi connectivity index (χ3n) is 10.1. The maximum absolute atomic E-state index is 13.3. The third-order valence-corrected chi connectivity index (χ3v) is 10.1. The van der Waals surface area contributed by atoms with E-state index in [1.165, 1.54) is 28.4 Å². The Balaban J connectivity index is 1.17. The number of ether oxygens (including phenoxy) is 1. The van der Waals surface area contributed by atoms with Crippen LogP contribution in [0.1, 0.15) is 41.6 Å². The lowest BCUT2D eigenvalue weighted by Gasteiger charge is -2.42. The number of hydrogen-bond donors (Lipinski definition) is 0. The van der Waals surface area contributed by atoms with Crippen molar-refractivity contribution in [3.05, 3.63) is 77.3 Å². The second kappa shape index (κ2) is 13.6. The van der Waals surface area contributed by atoms with Crippen LogP contribution in [0, 0.1) is 18.3 Å². The summed E-state index contributed by atoms with van der Waals surface area (Å²) in [7, 11) is 3.99. The van der Waals surface area contributed by atoms with E-state index >= 15 is 0 Å². The average molecular weight is 646 g/mol. The van der Waals surface area contributed by atoms with Crippen LogP contribution < -0.4 is 14.5 Å². The van der Waals surface area contributed by atoms with Gasteiger partial charge in [-0.3, -0.25) is 9.48 Å². The number of fused-ring (bicyclic) bond motifs is 2. The number of benzene rings is 2. The Bertz CT molecular complexity index is 1870. The van der Waals surface area contributed by atoms with Gasteiger partial charge in [0.1, 0.15) is 12.4 Å². The third kappa shape index (κ3) is 6.45. The number of aryl methyl sites for hydroxylation is 2. The molecule has 11 heteroatoms. The number of anilines is 2. The highest BCUT2D eigenvalue weighted by Crippen LogP contribution is 2.36. The minimum absolute atomic E-state index is 0.103. The van der Waals surface area contributed by atoms with Crippen molar-refractivity contribution in [3.8, 4) is 12.1 Å². The van der Waals surface area contributed by atoms with Gasteiger partial charge in [0.2, 0.25) is 5.91 Å². The van der Waals surface area contributed by atoms with Crippen molar-refractivity contribution in [2.75, 3.05) is 56.2 Å². The van der Waals surface area contributed by atoms with Crippen LogP contribution in [-0.4, -0.2) is 93.9 Å². The van der Waals surface area contributed by atoms with Crippen molar-refractivity contribution in [2.24, 2.45) is 7.05 Å². The molecule has 2 atom stereocenters. The Morgan fingerprint density at radius 3 is 2.69 bits per heavy atom. The number of aromatic nitrogens is 4. The summed E-state index contributed by atoms with van der Waals surface area (Å²) in [6.45, 7) is 6.89. The maximum Gasteiger partial charge on any atom is 0.318 e. The number of nitriles is 1. The largest absolute Gasteiger partial charge is 0.462 e. The van der Waals surface area contributed by atoms with E-state index in [-0.39, 0.29) is 18.4 Å². The van der Waals surface area contributed by atoms with Gasteiger partial charge in [-0.1, -0.05) is 30.3 Å². The van der Waals surface area contributed by atoms with Gasteiger partial charge in [-0.25, -0.2) is 0 Å². The van der Waals surface area contributed by atoms with E-state index in [0.29, 0.717) is 44.8 Å². The van der Waals surface area contributed by atoms with Crippen LogP contribution in [0.25, 0.3) is 16.8 Å². The van der Waals surface area contributed by atoms with Gasteiger partial charge in [-0.2, -0.15) is 20.3 Å². The zero-order valence-corrected chi connectivity index (χ0v) is 28.0. The highest BCUT2D eigenvalue weighted by molar-refractivity contribution is 5.97. The molecular formula is C37H43N9O2. The van der Waals surface area contributed by atoms with Crippen LogP contribution in [-0.2, 0) is 24.8 Å². The molecule has 2 aromatic carbocycles. The van der Waals surface area contributed by atoms with Gasteiger partial charge < -0.3 is 24.3 Å². The molecule has 0 radical (unpaired) electrons. The molecule has 2 saturated heterocycles. The van der Waals surface area contributed by atoms with Gasteiger partial charge in [0.05, 0.1) is 37.0 Å². The first kappa shape index (κ1) is 31.6. The fraction of sp³-hybridized carbons (Fsp3) is 0.432. The van der Waals surface area contributed by atoms with Gasteiger partial charge in [-0.05, 0) is 62.9 Å². The molecule has 3 aliphatic rings. The first-order valence-electron chi connectivity index (χ1n) is 16.9. The van der Waals surface area contributed by atoms with Gasteiger partial charge in [0, 0.05) is 73.7 Å². The molecule has 0 aliphatic carbocycles. The Labute approximate surface area is 282 Å². The summed E-state index contributed by atoms with van der Waals surface area (Å²) < 4.78 is 8.06. The van der Waals surface area contributed by atoms with Gasteiger partial charge >= 0.3 is 6.01 Å². The molecule has 7 rings (SSSR count). The van der Waals surface area contributed by atoms with Crippen molar-refractivity contribution < 1.29 is 9.53 Å².